The summed E-state index contributed by atoms with van der Waals surface area (Å²) in [4.78, 5) is 21.0. The number of halogens is 1. The predicted octanol–water partition coefficient (Wildman–Crippen LogP) is 4.92. The van der Waals surface area contributed by atoms with Crippen molar-refractivity contribution in [1.29, 1.82) is 0 Å². The number of thiophene rings is 1. The number of carbonyl (C=O) groups is 1. The Morgan fingerprint density at radius 1 is 1.32 bits per heavy atom. The first-order valence-electron chi connectivity index (χ1n) is 9.01. The molecule has 1 aromatic carbocycles. The minimum Gasteiger partial charge on any atom is -0.477 e. The first-order chi connectivity index (χ1) is 13.6. The molecule has 3 heterocycles. The number of hydrogen-bond donors (Lipinski definition) is 1. The van der Waals surface area contributed by atoms with Crippen LogP contribution in [0.3, 0.4) is 0 Å². The summed E-state index contributed by atoms with van der Waals surface area (Å²) < 4.78 is 16.8. The van der Waals surface area contributed by atoms with Crippen LogP contribution in [0.1, 0.15) is 40.5 Å². The molecule has 1 fully saturated rings. The summed E-state index contributed by atoms with van der Waals surface area (Å²) in [5.41, 5.74) is 2.30. The van der Waals surface area contributed by atoms with Gasteiger partial charge in [-0.2, -0.15) is 0 Å². The number of carboxylic acids is 1. The third-order valence-corrected chi connectivity index (χ3v) is 6.01. The maximum atomic E-state index is 14.2. The van der Waals surface area contributed by atoms with Gasteiger partial charge in [0.05, 0.1) is 12.2 Å². The van der Waals surface area contributed by atoms with Crippen LogP contribution in [0.15, 0.2) is 48.1 Å². The molecule has 0 atom stereocenters. The van der Waals surface area contributed by atoms with Gasteiger partial charge < -0.3 is 9.67 Å². The lowest BCUT2D eigenvalue weighted by Gasteiger charge is -2.12. The van der Waals surface area contributed by atoms with Crippen LogP contribution in [-0.2, 0) is 6.54 Å². The number of carboxylic acid groups (broad SMARTS) is 1. The normalized spacial score (nSPS) is 13.9. The second-order valence-corrected chi connectivity index (χ2v) is 7.90. The molecule has 3 aromatic heterocycles. The predicted molar refractivity (Wildman–Crippen MR) is 105 cm³/mol. The van der Waals surface area contributed by atoms with Crippen LogP contribution in [0.5, 0.6) is 0 Å². The molecule has 5 nitrogen and oxygen atoms in total. The largest absolute Gasteiger partial charge is 0.477 e. The van der Waals surface area contributed by atoms with Gasteiger partial charge in [-0.1, -0.05) is 0 Å². The van der Waals surface area contributed by atoms with Crippen LogP contribution in [0.4, 0.5) is 4.39 Å². The number of rotatable bonds is 5. The smallest absolute Gasteiger partial charge is 0.354 e. The first kappa shape index (κ1) is 17.1. The zero-order valence-corrected chi connectivity index (χ0v) is 15.6. The summed E-state index contributed by atoms with van der Waals surface area (Å²) in [5, 5.41) is 12.7. The Balaban J connectivity index is 1.73. The highest BCUT2D eigenvalue weighted by Gasteiger charge is 2.34. The number of aromatic nitrogens is 3. The van der Waals surface area contributed by atoms with Crippen molar-refractivity contribution in [1.82, 2.24) is 14.5 Å². The zero-order chi connectivity index (χ0) is 19.3. The van der Waals surface area contributed by atoms with E-state index in [0.29, 0.717) is 11.5 Å². The number of benzene rings is 1. The fraction of sp³-hybridized carbons (Fsp3) is 0.190. The topological polar surface area (TPSA) is 68.0 Å². The van der Waals surface area contributed by atoms with E-state index >= 15 is 0 Å². The van der Waals surface area contributed by atoms with Gasteiger partial charge in [0.15, 0.2) is 5.69 Å². The number of pyridine rings is 1. The molecule has 0 unspecified atom stereocenters. The summed E-state index contributed by atoms with van der Waals surface area (Å²) in [6.45, 7) is 0.236. The zero-order valence-electron chi connectivity index (χ0n) is 14.8. The quantitative estimate of drug-likeness (QED) is 0.522. The van der Waals surface area contributed by atoms with E-state index in [2.05, 4.69) is 4.98 Å². The van der Waals surface area contributed by atoms with Gasteiger partial charge in [-0.05, 0) is 59.5 Å². The van der Waals surface area contributed by atoms with E-state index in [1.807, 2.05) is 17.5 Å². The Kier molecular flexibility index (Phi) is 3.98. The Morgan fingerprint density at radius 2 is 2.18 bits per heavy atom. The molecule has 1 aliphatic rings. The van der Waals surface area contributed by atoms with E-state index in [1.54, 1.807) is 23.0 Å². The third kappa shape index (κ3) is 2.88. The minimum absolute atomic E-state index is 0.178. The van der Waals surface area contributed by atoms with Crippen LogP contribution in [0.25, 0.3) is 21.5 Å². The number of imidazole rings is 1. The average molecular weight is 393 g/mol. The summed E-state index contributed by atoms with van der Waals surface area (Å²) >= 11 is 1.52. The molecule has 5 rings (SSSR count). The van der Waals surface area contributed by atoms with Gasteiger partial charge in [0, 0.05) is 28.6 Å². The van der Waals surface area contributed by atoms with Gasteiger partial charge in [-0.15, -0.1) is 11.3 Å². The fourth-order valence-corrected chi connectivity index (χ4v) is 4.50. The number of aromatic carboxylic acids is 1. The van der Waals surface area contributed by atoms with E-state index in [4.69, 9.17) is 4.98 Å². The Labute approximate surface area is 164 Å². The Morgan fingerprint density at radius 3 is 2.89 bits per heavy atom. The third-order valence-electron chi connectivity index (χ3n) is 5.00. The van der Waals surface area contributed by atoms with Crippen molar-refractivity contribution in [2.24, 2.45) is 0 Å². The van der Waals surface area contributed by atoms with Gasteiger partial charge in [0.1, 0.15) is 11.6 Å². The van der Waals surface area contributed by atoms with Crippen molar-refractivity contribution in [3.05, 3.63) is 70.9 Å². The molecule has 1 saturated carbocycles. The minimum atomic E-state index is -1.01. The standard InChI is InChI=1S/C21H16FN3O2S/c22-16-8-13-5-7-28-19(13)15(9-16)11-25-18(21(26)27)17(12-3-4-12)24-20(25)14-2-1-6-23-10-14/h1-2,5-10,12H,3-4,11H2,(H,26,27). The Hall–Kier alpha value is -3.06. The van der Waals surface area contributed by atoms with Gasteiger partial charge in [-0.3, -0.25) is 4.98 Å². The van der Waals surface area contributed by atoms with Crippen molar-refractivity contribution in [2.45, 2.75) is 25.3 Å². The van der Waals surface area contributed by atoms with Gasteiger partial charge in [0.2, 0.25) is 0 Å². The molecule has 7 heteroatoms. The molecule has 0 saturated heterocycles. The van der Waals surface area contributed by atoms with Crippen molar-refractivity contribution in [3.8, 4) is 11.4 Å². The van der Waals surface area contributed by atoms with Gasteiger partial charge in [0.25, 0.3) is 0 Å². The molecule has 28 heavy (non-hydrogen) atoms. The van der Waals surface area contributed by atoms with Crippen molar-refractivity contribution < 1.29 is 14.3 Å². The average Bonchev–Trinajstić information content (AvgIpc) is 3.29. The lowest BCUT2D eigenvalue weighted by molar-refractivity contribution is 0.0684. The lowest BCUT2D eigenvalue weighted by atomic mass is 10.1. The van der Waals surface area contributed by atoms with Crippen molar-refractivity contribution >= 4 is 27.4 Å². The molecule has 1 aliphatic carbocycles. The van der Waals surface area contributed by atoms with E-state index < -0.39 is 5.97 Å². The Bertz CT molecular complexity index is 1200. The number of nitrogens with zero attached hydrogens (tertiary/aromatic N) is 3. The fourth-order valence-electron chi connectivity index (χ4n) is 3.61. The highest BCUT2D eigenvalue weighted by atomic mass is 32.1. The van der Waals surface area contributed by atoms with Crippen LogP contribution in [0, 0.1) is 5.82 Å². The second kappa shape index (κ2) is 6.53. The highest BCUT2D eigenvalue weighted by Crippen LogP contribution is 2.43. The summed E-state index contributed by atoms with van der Waals surface area (Å²) in [5.74, 6) is -0.606. The molecule has 0 amide bonds. The van der Waals surface area contributed by atoms with Crippen LogP contribution in [0.2, 0.25) is 0 Å². The molecule has 0 bridgehead atoms. The summed E-state index contributed by atoms with van der Waals surface area (Å²) in [6, 6.07) is 8.51. The lowest BCUT2D eigenvalue weighted by Crippen LogP contribution is -2.12. The summed E-state index contributed by atoms with van der Waals surface area (Å²) in [7, 11) is 0. The molecule has 1 N–H and O–H groups in total. The molecule has 0 spiro atoms. The second-order valence-electron chi connectivity index (χ2n) is 6.98. The van der Waals surface area contributed by atoms with Crippen LogP contribution < -0.4 is 0 Å². The maximum absolute atomic E-state index is 14.2. The molecular formula is C21H16FN3O2S. The van der Waals surface area contributed by atoms with Crippen molar-refractivity contribution in [2.75, 3.05) is 0 Å². The number of fused-ring (bicyclic) bond motifs is 1. The van der Waals surface area contributed by atoms with E-state index in [0.717, 1.165) is 34.1 Å². The van der Waals surface area contributed by atoms with Crippen LogP contribution in [-0.4, -0.2) is 25.6 Å². The van der Waals surface area contributed by atoms with E-state index in [1.165, 1.54) is 23.5 Å². The maximum Gasteiger partial charge on any atom is 0.354 e. The molecule has 0 aliphatic heterocycles. The molecule has 140 valence electrons. The highest BCUT2D eigenvalue weighted by molar-refractivity contribution is 7.17. The van der Waals surface area contributed by atoms with Gasteiger partial charge >= 0.3 is 5.97 Å². The van der Waals surface area contributed by atoms with E-state index in [9.17, 15) is 14.3 Å². The first-order valence-corrected chi connectivity index (χ1v) is 9.89. The SMILES string of the molecule is O=C(O)c1c(C2CC2)nc(-c2cccnc2)n1Cc1cc(F)cc2ccsc12. The van der Waals surface area contributed by atoms with Gasteiger partial charge in [-0.25, -0.2) is 14.2 Å². The number of hydrogen-bond acceptors (Lipinski definition) is 4. The summed E-state index contributed by atoms with van der Waals surface area (Å²) in [6.07, 6.45) is 5.23. The molecular weight excluding hydrogens is 377 g/mol. The molecule has 0 radical (unpaired) electrons. The van der Waals surface area contributed by atoms with Crippen molar-refractivity contribution in [3.63, 3.8) is 0 Å². The monoisotopic (exact) mass is 393 g/mol. The van der Waals surface area contributed by atoms with E-state index in [-0.39, 0.29) is 24.0 Å². The van der Waals surface area contributed by atoms with Crippen LogP contribution >= 0.6 is 11.3 Å². The molecule has 4 aromatic rings.